The molecule has 0 heterocycles. The van der Waals surface area contributed by atoms with Crippen LogP contribution in [0.5, 0.6) is 0 Å². The van der Waals surface area contributed by atoms with E-state index >= 15 is 0 Å². The maximum atomic E-state index is 14.3. The zero-order chi connectivity index (χ0) is 25.1. The van der Waals surface area contributed by atoms with Gasteiger partial charge in [0.15, 0.2) is 5.78 Å². The first-order chi connectivity index (χ1) is 15.6. The summed E-state index contributed by atoms with van der Waals surface area (Å²) >= 11 is 0. The van der Waals surface area contributed by atoms with E-state index in [0.29, 0.717) is 23.4 Å². The number of rotatable bonds is 1. The summed E-state index contributed by atoms with van der Waals surface area (Å²) in [5.74, 6) is 2.59. The van der Waals surface area contributed by atoms with E-state index in [9.17, 15) is 9.59 Å². The third-order valence-corrected chi connectivity index (χ3v) is 14.0. The van der Waals surface area contributed by atoms with Crippen molar-refractivity contribution in [3.63, 3.8) is 0 Å². The molecule has 5 aliphatic carbocycles. The van der Waals surface area contributed by atoms with Gasteiger partial charge in [-0.1, -0.05) is 61.0 Å². The van der Waals surface area contributed by atoms with E-state index in [1.807, 2.05) is 0 Å². The SMILES string of the molecule is CC(=O)[C@@]1(C)CC[C@]2(C)CC[C@]3(C)C(=CC(=O)C4[C@@]5(C)CC[C@H](C)C(C)(C)C5CC[C@]43C)C2C1. The lowest BCUT2D eigenvalue weighted by atomic mass is 9.33. The number of fused-ring (bicyclic) bond motifs is 7. The third kappa shape index (κ3) is 2.86. The highest BCUT2D eigenvalue weighted by Gasteiger charge is 2.69. The van der Waals surface area contributed by atoms with E-state index in [0.717, 1.165) is 25.2 Å². The highest BCUT2D eigenvalue weighted by atomic mass is 16.1. The van der Waals surface area contributed by atoms with Gasteiger partial charge in [0.25, 0.3) is 0 Å². The van der Waals surface area contributed by atoms with Gasteiger partial charge in [0.2, 0.25) is 0 Å². The Morgan fingerprint density at radius 2 is 1.53 bits per heavy atom. The lowest BCUT2D eigenvalue weighted by molar-refractivity contribution is -0.192. The fourth-order valence-electron chi connectivity index (χ4n) is 10.7. The smallest absolute Gasteiger partial charge is 0.159 e. The van der Waals surface area contributed by atoms with E-state index in [1.54, 1.807) is 6.92 Å². The van der Waals surface area contributed by atoms with Crippen molar-refractivity contribution in [3.8, 4) is 0 Å². The molecule has 2 heteroatoms. The van der Waals surface area contributed by atoms with Crippen LogP contribution in [-0.2, 0) is 9.59 Å². The van der Waals surface area contributed by atoms with Crippen LogP contribution in [-0.4, -0.2) is 11.6 Å². The molecule has 4 fully saturated rings. The molecule has 3 unspecified atom stereocenters. The molecule has 0 aromatic rings. The fourth-order valence-corrected chi connectivity index (χ4v) is 10.7. The van der Waals surface area contributed by atoms with Gasteiger partial charge < -0.3 is 0 Å². The number of ketones is 2. The van der Waals surface area contributed by atoms with Crippen molar-refractivity contribution in [3.05, 3.63) is 11.6 Å². The zero-order valence-corrected chi connectivity index (χ0v) is 23.6. The number of carbonyl (C=O) groups is 2. The van der Waals surface area contributed by atoms with Crippen molar-refractivity contribution in [2.24, 2.45) is 56.2 Å². The monoisotopic (exact) mass is 466 g/mol. The zero-order valence-electron chi connectivity index (χ0n) is 23.6. The lowest BCUT2D eigenvalue weighted by Crippen LogP contribution is -2.66. The summed E-state index contributed by atoms with van der Waals surface area (Å²) in [6, 6.07) is 0. The second-order valence-corrected chi connectivity index (χ2v) is 15.6. The highest BCUT2D eigenvalue weighted by molar-refractivity contribution is 5.95. The molecule has 34 heavy (non-hydrogen) atoms. The first-order valence-electron chi connectivity index (χ1n) is 14.3. The molecule has 0 aromatic carbocycles. The highest BCUT2D eigenvalue weighted by Crippen LogP contribution is 2.75. The van der Waals surface area contributed by atoms with Crippen LogP contribution in [0.25, 0.3) is 0 Å². The van der Waals surface area contributed by atoms with E-state index in [4.69, 9.17) is 0 Å². The molecule has 5 rings (SSSR count). The standard InChI is InChI=1S/C32H50O2/c1-20-10-12-30(7)25(27(20,3)4)11-13-32(9)26(30)24(34)18-22-23-19-29(6,21(2)33)15-14-28(23,5)16-17-31(22,32)8/h18,20,23,25-26H,10-17,19H2,1-9H3/t20-,23?,25?,26?,28+,29-,30-,31+,32+/m0/s1. The first kappa shape index (κ1) is 24.8. The summed E-state index contributed by atoms with van der Waals surface area (Å²) in [5.41, 5.74) is 1.88. The number of hydrogen-bond donors (Lipinski definition) is 0. The maximum absolute atomic E-state index is 14.3. The van der Waals surface area contributed by atoms with E-state index in [-0.39, 0.29) is 38.4 Å². The third-order valence-electron chi connectivity index (χ3n) is 14.0. The molecule has 9 atom stereocenters. The predicted molar refractivity (Wildman–Crippen MR) is 139 cm³/mol. The number of allylic oxidation sites excluding steroid dienone is 2. The van der Waals surface area contributed by atoms with Crippen LogP contribution in [0.15, 0.2) is 11.6 Å². The van der Waals surface area contributed by atoms with Gasteiger partial charge >= 0.3 is 0 Å². The van der Waals surface area contributed by atoms with E-state index in [1.165, 1.54) is 44.1 Å². The summed E-state index contributed by atoms with van der Waals surface area (Å²) in [6.45, 7) is 21.4. The molecule has 190 valence electrons. The maximum Gasteiger partial charge on any atom is 0.159 e. The Bertz CT molecular complexity index is 958. The minimum Gasteiger partial charge on any atom is -0.299 e. The van der Waals surface area contributed by atoms with Crippen LogP contribution in [0.3, 0.4) is 0 Å². The minimum atomic E-state index is -0.239. The Labute approximate surface area is 209 Å². The van der Waals surface area contributed by atoms with E-state index < -0.39 is 0 Å². The predicted octanol–water partition coefficient (Wildman–Crippen LogP) is 8.19. The van der Waals surface area contributed by atoms with Gasteiger partial charge in [-0.15, -0.1) is 0 Å². The first-order valence-corrected chi connectivity index (χ1v) is 14.3. The Kier molecular flexibility index (Phi) is 5.17. The van der Waals surface area contributed by atoms with Gasteiger partial charge in [-0.2, -0.15) is 0 Å². The van der Waals surface area contributed by atoms with Gasteiger partial charge in [-0.3, -0.25) is 9.59 Å². The molecule has 4 saturated carbocycles. The fraction of sp³-hybridized carbons (Fsp3) is 0.875. The summed E-state index contributed by atoms with van der Waals surface area (Å²) in [6.07, 6.45) is 12.5. The van der Waals surface area contributed by atoms with Gasteiger partial charge in [0.1, 0.15) is 5.78 Å². The van der Waals surface area contributed by atoms with Crippen LogP contribution in [0, 0.1) is 56.2 Å². The summed E-state index contributed by atoms with van der Waals surface area (Å²) < 4.78 is 0. The summed E-state index contributed by atoms with van der Waals surface area (Å²) in [7, 11) is 0. The summed E-state index contributed by atoms with van der Waals surface area (Å²) in [5, 5.41) is 0. The Morgan fingerprint density at radius 1 is 0.882 bits per heavy atom. The molecule has 2 nitrogen and oxygen atoms in total. The number of hydrogen-bond acceptors (Lipinski definition) is 2. The Balaban J connectivity index is 1.62. The molecule has 0 radical (unpaired) electrons. The average Bonchev–Trinajstić information content (AvgIpc) is 2.73. The largest absolute Gasteiger partial charge is 0.299 e. The quantitative estimate of drug-likeness (QED) is 0.390. The second kappa shape index (κ2) is 7.10. The molecule has 0 aromatic heterocycles. The van der Waals surface area contributed by atoms with E-state index in [2.05, 4.69) is 61.5 Å². The average molecular weight is 467 g/mol. The van der Waals surface area contributed by atoms with Gasteiger partial charge in [0, 0.05) is 11.3 Å². The van der Waals surface area contributed by atoms with Crippen molar-refractivity contribution in [2.75, 3.05) is 0 Å². The number of Topliss-reactive ketones (excluding diaryl/α,β-unsaturated/α-hetero) is 1. The second-order valence-electron chi connectivity index (χ2n) is 15.6. The molecule has 0 bridgehead atoms. The van der Waals surface area contributed by atoms with Crippen molar-refractivity contribution >= 4 is 11.6 Å². The minimum absolute atomic E-state index is 0.0154. The van der Waals surface area contributed by atoms with Crippen LogP contribution in [0.2, 0.25) is 0 Å². The normalized spacial score (nSPS) is 54.1. The van der Waals surface area contributed by atoms with Crippen LogP contribution < -0.4 is 0 Å². The molecule has 0 N–H and O–H groups in total. The van der Waals surface area contributed by atoms with Crippen molar-refractivity contribution in [1.29, 1.82) is 0 Å². The van der Waals surface area contributed by atoms with Crippen LogP contribution >= 0.6 is 0 Å². The molecule has 0 saturated heterocycles. The van der Waals surface area contributed by atoms with Crippen molar-refractivity contribution in [1.82, 2.24) is 0 Å². The lowest BCUT2D eigenvalue weighted by Gasteiger charge is -2.70. The molecular formula is C32H50O2. The molecule has 0 spiro atoms. The summed E-state index contributed by atoms with van der Waals surface area (Å²) in [4.78, 5) is 27.0. The van der Waals surface area contributed by atoms with Crippen molar-refractivity contribution < 1.29 is 9.59 Å². The van der Waals surface area contributed by atoms with Gasteiger partial charge in [-0.05, 0) is 116 Å². The molecule has 0 amide bonds. The molecule has 5 aliphatic rings. The van der Waals surface area contributed by atoms with Gasteiger partial charge in [0.05, 0.1) is 0 Å². The van der Waals surface area contributed by atoms with Crippen LogP contribution in [0.4, 0.5) is 0 Å². The Hall–Kier alpha value is -0.920. The topological polar surface area (TPSA) is 34.1 Å². The molecular weight excluding hydrogens is 416 g/mol. The van der Waals surface area contributed by atoms with Crippen LogP contribution in [0.1, 0.15) is 120 Å². The number of carbonyl (C=O) groups excluding carboxylic acids is 2. The van der Waals surface area contributed by atoms with Gasteiger partial charge in [-0.25, -0.2) is 0 Å². The Morgan fingerprint density at radius 3 is 2.18 bits per heavy atom. The van der Waals surface area contributed by atoms with Crippen molar-refractivity contribution in [2.45, 2.75) is 120 Å². The molecule has 0 aliphatic heterocycles.